The average molecular weight is 564 g/mol. The minimum absolute atomic E-state index is 0.0389. The van der Waals surface area contributed by atoms with Crippen LogP contribution in [-0.4, -0.2) is 65.3 Å². The highest BCUT2D eigenvalue weighted by Gasteiger charge is 2.38. The summed E-state index contributed by atoms with van der Waals surface area (Å²) >= 11 is 6.50. The number of hydrogen-bond acceptors (Lipinski definition) is 3. The van der Waals surface area contributed by atoms with Crippen LogP contribution >= 0.6 is 11.6 Å². The number of halogens is 4. The van der Waals surface area contributed by atoms with E-state index in [2.05, 4.69) is 18.7 Å². The summed E-state index contributed by atoms with van der Waals surface area (Å²) in [4.78, 5) is 31.2. The molecular weight excluding hydrogens is 527 g/mol. The van der Waals surface area contributed by atoms with Crippen molar-refractivity contribution in [1.82, 2.24) is 14.7 Å². The first-order chi connectivity index (χ1) is 18.5. The lowest BCUT2D eigenvalue weighted by atomic mass is 9.90. The summed E-state index contributed by atoms with van der Waals surface area (Å²) in [6, 6.07) is 12.9. The van der Waals surface area contributed by atoms with Gasteiger partial charge in [0, 0.05) is 57.1 Å². The van der Waals surface area contributed by atoms with Crippen LogP contribution in [0.2, 0.25) is 5.02 Å². The van der Waals surface area contributed by atoms with Gasteiger partial charge in [-0.3, -0.25) is 14.5 Å². The number of nitrogens with zero attached hydrogens (tertiary/aromatic N) is 3. The van der Waals surface area contributed by atoms with Gasteiger partial charge in [0.25, 0.3) is 0 Å². The standard InChI is InChI=1S/C30H37ClF3N3O2/c1-20(2)27-19-36(15-16-37(27)28(39)17-22-11-13-35(14-12-22)21(3)38)29(23-7-5-4-6-8-23)25-10-9-24(18-26(25)31)30(32,33)34/h4-10,18,20,22,27,29H,11-17,19H2,1-3H3. The number of piperazine rings is 1. The molecule has 5 nitrogen and oxygen atoms in total. The first kappa shape index (κ1) is 29.4. The van der Waals surface area contributed by atoms with Crippen molar-refractivity contribution in [3.63, 3.8) is 0 Å². The second-order valence-electron chi connectivity index (χ2n) is 11.1. The monoisotopic (exact) mass is 563 g/mol. The van der Waals surface area contributed by atoms with E-state index in [-0.39, 0.29) is 40.8 Å². The van der Waals surface area contributed by atoms with Crippen LogP contribution < -0.4 is 0 Å². The number of benzene rings is 2. The normalized spacial score (nSPS) is 20.4. The molecule has 39 heavy (non-hydrogen) atoms. The quantitative estimate of drug-likeness (QED) is 0.416. The molecule has 2 aliphatic heterocycles. The summed E-state index contributed by atoms with van der Waals surface area (Å²) < 4.78 is 40.0. The predicted octanol–water partition coefficient (Wildman–Crippen LogP) is 6.27. The highest BCUT2D eigenvalue weighted by atomic mass is 35.5. The van der Waals surface area contributed by atoms with Crippen molar-refractivity contribution in [2.45, 2.75) is 58.3 Å². The van der Waals surface area contributed by atoms with Crippen molar-refractivity contribution < 1.29 is 22.8 Å². The molecule has 2 aromatic rings. The third-order valence-corrected chi connectivity index (χ3v) is 8.49. The van der Waals surface area contributed by atoms with Crippen LogP contribution in [0.25, 0.3) is 0 Å². The molecule has 0 aromatic heterocycles. The maximum absolute atomic E-state index is 13.5. The second-order valence-corrected chi connectivity index (χ2v) is 11.5. The van der Waals surface area contributed by atoms with Crippen molar-refractivity contribution in [3.8, 4) is 0 Å². The molecular formula is C30H37ClF3N3O2. The van der Waals surface area contributed by atoms with Crippen LogP contribution in [0.15, 0.2) is 48.5 Å². The van der Waals surface area contributed by atoms with E-state index in [1.807, 2.05) is 40.1 Å². The van der Waals surface area contributed by atoms with Gasteiger partial charge in [-0.1, -0.05) is 61.8 Å². The summed E-state index contributed by atoms with van der Waals surface area (Å²) in [5.74, 6) is 0.674. The molecule has 0 radical (unpaired) electrons. The molecule has 0 bridgehead atoms. The SMILES string of the molecule is CC(=O)N1CCC(CC(=O)N2CCN(C(c3ccccc3)c3ccc(C(F)(F)F)cc3Cl)CC2C(C)C)CC1. The van der Waals surface area contributed by atoms with Gasteiger partial charge in [0.15, 0.2) is 0 Å². The van der Waals surface area contributed by atoms with Crippen LogP contribution in [0.4, 0.5) is 13.2 Å². The maximum Gasteiger partial charge on any atom is 0.416 e. The third kappa shape index (κ3) is 6.95. The second kappa shape index (κ2) is 12.3. The van der Waals surface area contributed by atoms with Crippen molar-refractivity contribution in [2.24, 2.45) is 11.8 Å². The molecule has 2 aliphatic rings. The zero-order valence-corrected chi connectivity index (χ0v) is 23.5. The molecule has 2 fully saturated rings. The van der Waals surface area contributed by atoms with Gasteiger partial charge in [-0.15, -0.1) is 0 Å². The Balaban J connectivity index is 1.54. The lowest BCUT2D eigenvalue weighted by Crippen LogP contribution is -2.58. The van der Waals surface area contributed by atoms with E-state index in [1.165, 1.54) is 6.07 Å². The summed E-state index contributed by atoms with van der Waals surface area (Å²) in [5.41, 5.74) is 0.793. The van der Waals surface area contributed by atoms with Gasteiger partial charge in [0.05, 0.1) is 11.6 Å². The zero-order valence-electron chi connectivity index (χ0n) is 22.8. The first-order valence-electron chi connectivity index (χ1n) is 13.7. The first-order valence-corrected chi connectivity index (χ1v) is 14.0. The molecule has 0 spiro atoms. The number of carbonyl (C=O) groups excluding carboxylic acids is 2. The van der Waals surface area contributed by atoms with Crippen LogP contribution in [0.3, 0.4) is 0 Å². The lowest BCUT2D eigenvalue weighted by molar-refractivity contribution is -0.139. The summed E-state index contributed by atoms with van der Waals surface area (Å²) in [7, 11) is 0. The summed E-state index contributed by atoms with van der Waals surface area (Å²) in [6.45, 7) is 8.87. The topological polar surface area (TPSA) is 43.9 Å². The predicted molar refractivity (Wildman–Crippen MR) is 146 cm³/mol. The summed E-state index contributed by atoms with van der Waals surface area (Å²) in [5, 5.41) is 0.0789. The maximum atomic E-state index is 13.5. The van der Waals surface area contributed by atoms with Gasteiger partial charge >= 0.3 is 6.18 Å². The van der Waals surface area contributed by atoms with Gasteiger partial charge in [0.2, 0.25) is 11.8 Å². The zero-order chi connectivity index (χ0) is 28.3. The lowest BCUT2D eigenvalue weighted by Gasteiger charge is -2.47. The average Bonchev–Trinajstić information content (AvgIpc) is 2.90. The minimum Gasteiger partial charge on any atom is -0.343 e. The number of alkyl halides is 3. The number of likely N-dealkylation sites (tertiary alicyclic amines) is 1. The Morgan fingerprint density at radius 1 is 1.00 bits per heavy atom. The van der Waals surface area contributed by atoms with Crippen molar-refractivity contribution >= 4 is 23.4 Å². The van der Waals surface area contributed by atoms with Crippen LogP contribution in [0.1, 0.15) is 62.8 Å². The fourth-order valence-corrected chi connectivity index (χ4v) is 6.19. The number of piperidine rings is 1. The molecule has 9 heteroatoms. The van der Waals surface area contributed by atoms with Gasteiger partial charge in [0.1, 0.15) is 0 Å². The molecule has 2 unspecified atom stereocenters. The Kier molecular flexibility index (Phi) is 9.27. The fourth-order valence-electron chi connectivity index (χ4n) is 5.91. The Bertz CT molecular complexity index is 1150. The van der Waals surface area contributed by atoms with Gasteiger partial charge in [-0.25, -0.2) is 0 Å². The van der Waals surface area contributed by atoms with E-state index in [0.29, 0.717) is 44.7 Å². The summed E-state index contributed by atoms with van der Waals surface area (Å²) in [6.07, 6.45) is -2.33. The molecule has 2 amide bonds. The Morgan fingerprint density at radius 2 is 1.67 bits per heavy atom. The smallest absolute Gasteiger partial charge is 0.343 e. The Hall–Kier alpha value is -2.58. The van der Waals surface area contributed by atoms with Crippen molar-refractivity contribution in [1.29, 1.82) is 0 Å². The fraction of sp³-hybridized carbons (Fsp3) is 0.533. The van der Waals surface area contributed by atoms with E-state index in [0.717, 1.165) is 30.5 Å². The molecule has 4 rings (SSSR count). The third-order valence-electron chi connectivity index (χ3n) is 8.17. The number of rotatable bonds is 6. The number of amides is 2. The number of hydrogen-bond donors (Lipinski definition) is 0. The van der Waals surface area contributed by atoms with Gasteiger partial charge in [-0.05, 0) is 47.9 Å². The molecule has 212 valence electrons. The Morgan fingerprint density at radius 3 is 2.23 bits per heavy atom. The molecule has 2 heterocycles. The molecule has 2 atom stereocenters. The number of carbonyl (C=O) groups is 2. The molecule has 0 saturated carbocycles. The Labute approximate surface area is 233 Å². The van der Waals surface area contributed by atoms with E-state index < -0.39 is 11.7 Å². The van der Waals surface area contributed by atoms with E-state index in [9.17, 15) is 22.8 Å². The highest BCUT2D eigenvalue weighted by molar-refractivity contribution is 6.31. The largest absolute Gasteiger partial charge is 0.416 e. The van der Waals surface area contributed by atoms with Crippen LogP contribution in [0.5, 0.6) is 0 Å². The van der Waals surface area contributed by atoms with Crippen LogP contribution in [0, 0.1) is 11.8 Å². The van der Waals surface area contributed by atoms with E-state index in [4.69, 9.17) is 11.6 Å². The molecule has 2 saturated heterocycles. The molecule has 2 aromatic carbocycles. The molecule has 0 N–H and O–H groups in total. The highest BCUT2D eigenvalue weighted by Crippen LogP contribution is 2.39. The van der Waals surface area contributed by atoms with Crippen molar-refractivity contribution in [2.75, 3.05) is 32.7 Å². The van der Waals surface area contributed by atoms with Crippen molar-refractivity contribution in [3.05, 3.63) is 70.2 Å². The minimum atomic E-state index is -4.47. The van der Waals surface area contributed by atoms with Gasteiger partial charge < -0.3 is 9.80 Å². The van der Waals surface area contributed by atoms with E-state index in [1.54, 1.807) is 6.92 Å². The van der Waals surface area contributed by atoms with Gasteiger partial charge in [-0.2, -0.15) is 13.2 Å². The van der Waals surface area contributed by atoms with Crippen LogP contribution in [-0.2, 0) is 15.8 Å². The molecule has 0 aliphatic carbocycles. The van der Waals surface area contributed by atoms with E-state index >= 15 is 0 Å².